The zero-order valence-corrected chi connectivity index (χ0v) is 12.9. The predicted molar refractivity (Wildman–Crippen MR) is 81.2 cm³/mol. The molecule has 1 unspecified atom stereocenters. The maximum Gasteiger partial charge on any atom is 0.226 e. The molecule has 0 spiro atoms. The first-order valence-electron chi connectivity index (χ1n) is 7.51. The zero-order valence-electron chi connectivity index (χ0n) is 12.9. The van der Waals surface area contributed by atoms with Gasteiger partial charge in [-0.15, -0.1) is 0 Å². The Kier molecular flexibility index (Phi) is 5.75. The molecule has 0 aliphatic carbocycles. The minimum atomic E-state index is 0.243. The maximum absolute atomic E-state index is 5.86. The largest absolute Gasteiger partial charge is 0.485 e. The van der Waals surface area contributed by atoms with Crippen molar-refractivity contribution in [2.45, 2.75) is 46.3 Å². The van der Waals surface area contributed by atoms with Crippen molar-refractivity contribution in [3.05, 3.63) is 41.5 Å². The van der Waals surface area contributed by atoms with Gasteiger partial charge in [-0.25, -0.2) is 0 Å². The van der Waals surface area contributed by atoms with E-state index in [0.29, 0.717) is 18.3 Å². The van der Waals surface area contributed by atoms with Crippen LogP contribution >= 0.6 is 0 Å². The molecule has 2 aromatic rings. The molecule has 0 bridgehead atoms. The molecule has 0 saturated carbocycles. The number of aryl methyl sites for hydroxylation is 1. The number of nitrogens with one attached hydrogen (secondary N) is 1. The van der Waals surface area contributed by atoms with Gasteiger partial charge in [0.2, 0.25) is 11.7 Å². The molecule has 114 valence electrons. The molecule has 1 aromatic carbocycles. The van der Waals surface area contributed by atoms with Crippen molar-refractivity contribution in [1.82, 2.24) is 15.5 Å². The van der Waals surface area contributed by atoms with Crippen LogP contribution in [-0.2, 0) is 13.0 Å². The van der Waals surface area contributed by atoms with E-state index in [4.69, 9.17) is 9.26 Å². The fraction of sp³-hybridized carbons (Fsp3) is 0.500. The molecule has 1 heterocycles. The van der Waals surface area contributed by atoms with Crippen molar-refractivity contribution in [3.8, 4) is 5.75 Å². The molecule has 0 fully saturated rings. The second-order valence-electron chi connectivity index (χ2n) is 4.96. The molecule has 0 aliphatic rings. The Morgan fingerprint density at radius 2 is 2.10 bits per heavy atom. The number of hydrogen-bond acceptors (Lipinski definition) is 5. The Morgan fingerprint density at radius 3 is 2.86 bits per heavy atom. The number of nitrogens with zero attached hydrogens (tertiary/aromatic N) is 2. The van der Waals surface area contributed by atoms with E-state index in [0.717, 1.165) is 30.7 Å². The smallest absolute Gasteiger partial charge is 0.226 e. The van der Waals surface area contributed by atoms with Crippen LogP contribution in [0.5, 0.6) is 5.75 Å². The van der Waals surface area contributed by atoms with Gasteiger partial charge in [0.05, 0.1) is 0 Å². The molecular weight excluding hydrogens is 266 g/mol. The van der Waals surface area contributed by atoms with Crippen LogP contribution < -0.4 is 10.1 Å². The van der Waals surface area contributed by atoms with Crippen LogP contribution in [0.15, 0.2) is 28.8 Å². The monoisotopic (exact) mass is 289 g/mol. The van der Waals surface area contributed by atoms with Gasteiger partial charge in [-0.1, -0.05) is 37.2 Å². The molecule has 1 N–H and O–H groups in total. The van der Waals surface area contributed by atoms with Gasteiger partial charge in [0.25, 0.3) is 0 Å². The summed E-state index contributed by atoms with van der Waals surface area (Å²) in [7, 11) is 0. The van der Waals surface area contributed by atoms with Crippen molar-refractivity contribution in [1.29, 1.82) is 0 Å². The van der Waals surface area contributed by atoms with E-state index in [1.54, 1.807) is 0 Å². The molecule has 1 atom stereocenters. The van der Waals surface area contributed by atoms with Crippen LogP contribution in [0.3, 0.4) is 0 Å². The first-order valence-corrected chi connectivity index (χ1v) is 7.51. The van der Waals surface area contributed by atoms with Crippen LogP contribution in [0.2, 0.25) is 0 Å². The summed E-state index contributed by atoms with van der Waals surface area (Å²) in [6.07, 6.45) is 1.80. The highest BCUT2D eigenvalue weighted by Gasteiger charge is 2.12. The van der Waals surface area contributed by atoms with Gasteiger partial charge in [0, 0.05) is 18.0 Å². The van der Waals surface area contributed by atoms with Crippen LogP contribution in [0.1, 0.15) is 50.5 Å². The number of aromatic nitrogens is 2. The number of rotatable bonds is 8. The summed E-state index contributed by atoms with van der Waals surface area (Å²) in [6.45, 7) is 7.54. The third-order valence-electron chi connectivity index (χ3n) is 3.23. The molecule has 1 aromatic heterocycles. The summed E-state index contributed by atoms with van der Waals surface area (Å²) in [6, 6.07) is 8.27. The highest BCUT2D eigenvalue weighted by Crippen LogP contribution is 2.25. The number of benzene rings is 1. The normalized spacial score (nSPS) is 12.3. The van der Waals surface area contributed by atoms with Crippen LogP contribution in [-0.4, -0.2) is 16.7 Å². The average molecular weight is 289 g/mol. The summed E-state index contributed by atoms with van der Waals surface area (Å²) < 4.78 is 11.0. The van der Waals surface area contributed by atoms with E-state index in [9.17, 15) is 0 Å². The van der Waals surface area contributed by atoms with Crippen molar-refractivity contribution >= 4 is 0 Å². The van der Waals surface area contributed by atoms with Crippen LogP contribution in [0.4, 0.5) is 0 Å². The Bertz CT molecular complexity index is 554. The van der Waals surface area contributed by atoms with Gasteiger partial charge in [-0.2, -0.15) is 4.98 Å². The molecule has 21 heavy (non-hydrogen) atoms. The average Bonchev–Trinajstić information content (AvgIpc) is 2.94. The summed E-state index contributed by atoms with van der Waals surface area (Å²) in [5, 5.41) is 7.33. The summed E-state index contributed by atoms with van der Waals surface area (Å²) in [5.74, 6) is 2.11. The lowest BCUT2D eigenvalue weighted by molar-refractivity contribution is 0.280. The lowest BCUT2D eigenvalue weighted by Gasteiger charge is -2.16. The Hall–Kier alpha value is -1.88. The van der Waals surface area contributed by atoms with E-state index >= 15 is 0 Å². The zero-order chi connectivity index (χ0) is 15.1. The standard InChI is InChI=1S/C16H23N3O2/c1-4-8-16-18-15(19-21-16)11-20-14-10-7-6-9-13(14)12(3)17-5-2/h6-7,9-10,12,17H,4-5,8,11H2,1-3H3. The summed E-state index contributed by atoms with van der Waals surface area (Å²) in [4.78, 5) is 4.31. The maximum atomic E-state index is 5.86. The number of ether oxygens (including phenoxy) is 1. The van der Waals surface area contributed by atoms with Gasteiger partial charge in [-0.3, -0.25) is 0 Å². The van der Waals surface area contributed by atoms with E-state index < -0.39 is 0 Å². The first-order chi connectivity index (χ1) is 10.2. The Morgan fingerprint density at radius 1 is 1.29 bits per heavy atom. The fourth-order valence-corrected chi connectivity index (χ4v) is 2.19. The van der Waals surface area contributed by atoms with Gasteiger partial charge >= 0.3 is 0 Å². The molecule has 0 aliphatic heterocycles. The molecule has 0 radical (unpaired) electrons. The summed E-state index contributed by atoms with van der Waals surface area (Å²) >= 11 is 0. The van der Waals surface area contributed by atoms with Crippen molar-refractivity contribution < 1.29 is 9.26 Å². The van der Waals surface area contributed by atoms with E-state index in [1.807, 2.05) is 18.2 Å². The number of hydrogen-bond donors (Lipinski definition) is 1. The molecule has 5 nitrogen and oxygen atoms in total. The topological polar surface area (TPSA) is 60.2 Å². The van der Waals surface area contributed by atoms with E-state index in [-0.39, 0.29) is 6.04 Å². The minimum Gasteiger partial charge on any atom is -0.485 e. The number of para-hydroxylation sites is 1. The third kappa shape index (κ3) is 4.29. The van der Waals surface area contributed by atoms with Crippen molar-refractivity contribution in [2.75, 3.05) is 6.54 Å². The Labute approximate surface area is 125 Å². The van der Waals surface area contributed by atoms with Crippen LogP contribution in [0, 0.1) is 0 Å². The Balaban J connectivity index is 2.02. The van der Waals surface area contributed by atoms with Gasteiger partial charge < -0.3 is 14.6 Å². The van der Waals surface area contributed by atoms with E-state index in [1.165, 1.54) is 0 Å². The molecule has 0 saturated heterocycles. The van der Waals surface area contributed by atoms with Gasteiger partial charge in [-0.05, 0) is 26.0 Å². The van der Waals surface area contributed by atoms with E-state index in [2.05, 4.69) is 42.3 Å². The summed E-state index contributed by atoms with van der Waals surface area (Å²) in [5.41, 5.74) is 1.14. The van der Waals surface area contributed by atoms with Gasteiger partial charge in [0.1, 0.15) is 5.75 Å². The van der Waals surface area contributed by atoms with Gasteiger partial charge in [0.15, 0.2) is 6.61 Å². The molecule has 5 heteroatoms. The molecule has 0 amide bonds. The minimum absolute atomic E-state index is 0.243. The van der Waals surface area contributed by atoms with Crippen LogP contribution in [0.25, 0.3) is 0 Å². The highest BCUT2D eigenvalue weighted by atomic mass is 16.5. The van der Waals surface area contributed by atoms with Crippen molar-refractivity contribution in [2.24, 2.45) is 0 Å². The predicted octanol–water partition coefficient (Wildman–Crippen LogP) is 3.27. The van der Waals surface area contributed by atoms with Crippen molar-refractivity contribution in [3.63, 3.8) is 0 Å². The highest BCUT2D eigenvalue weighted by molar-refractivity contribution is 5.35. The molecular formula is C16H23N3O2. The fourth-order valence-electron chi connectivity index (χ4n) is 2.19. The SMILES string of the molecule is CCCc1nc(COc2ccccc2C(C)NCC)no1. The quantitative estimate of drug-likeness (QED) is 0.808. The second kappa shape index (κ2) is 7.78. The second-order valence-corrected chi connectivity index (χ2v) is 4.96. The third-order valence-corrected chi connectivity index (χ3v) is 3.23. The lowest BCUT2D eigenvalue weighted by atomic mass is 10.1. The molecule has 2 rings (SSSR count). The lowest BCUT2D eigenvalue weighted by Crippen LogP contribution is -2.18. The first kappa shape index (κ1) is 15.5.